The van der Waals surface area contributed by atoms with Crippen LogP contribution >= 0.6 is 15.9 Å². The molecule has 0 saturated carbocycles. The van der Waals surface area contributed by atoms with E-state index in [0.29, 0.717) is 10.2 Å². The molecule has 3 N–H and O–H groups in total. The Morgan fingerprint density at radius 3 is 2.65 bits per heavy atom. The molecule has 0 fully saturated rings. The van der Waals surface area contributed by atoms with Gasteiger partial charge in [0.1, 0.15) is 5.82 Å². The molecule has 2 aromatic rings. The van der Waals surface area contributed by atoms with Crippen LogP contribution in [0.15, 0.2) is 40.9 Å². The third-order valence-electron chi connectivity index (χ3n) is 2.50. The second-order valence-corrected chi connectivity index (χ2v) is 4.64. The number of nitrogens with one attached hydrogen (secondary N) is 1. The van der Waals surface area contributed by atoms with Crippen molar-refractivity contribution in [3.8, 4) is 0 Å². The Kier molecular flexibility index (Phi) is 3.33. The SMILES string of the molecule is Cc1cccc(N)c1Nc1ccc(F)cc1Br. The number of hydrogen-bond acceptors (Lipinski definition) is 2. The Hall–Kier alpha value is -1.55. The highest BCUT2D eigenvalue weighted by Crippen LogP contribution is 2.31. The Morgan fingerprint density at radius 1 is 1.24 bits per heavy atom. The summed E-state index contributed by atoms with van der Waals surface area (Å²) in [4.78, 5) is 0. The highest BCUT2D eigenvalue weighted by atomic mass is 79.9. The summed E-state index contributed by atoms with van der Waals surface area (Å²) in [5.74, 6) is -0.278. The summed E-state index contributed by atoms with van der Waals surface area (Å²) >= 11 is 3.31. The fourth-order valence-corrected chi connectivity index (χ4v) is 2.04. The van der Waals surface area contributed by atoms with Gasteiger partial charge in [-0.15, -0.1) is 0 Å². The topological polar surface area (TPSA) is 38.0 Å². The molecule has 0 aromatic heterocycles. The van der Waals surface area contributed by atoms with E-state index in [9.17, 15) is 4.39 Å². The summed E-state index contributed by atoms with van der Waals surface area (Å²) in [6.07, 6.45) is 0. The molecule has 2 rings (SSSR count). The van der Waals surface area contributed by atoms with Gasteiger partial charge in [0.15, 0.2) is 0 Å². The molecule has 0 atom stereocenters. The first kappa shape index (κ1) is 11.9. The van der Waals surface area contributed by atoms with Crippen molar-refractivity contribution >= 4 is 33.0 Å². The zero-order chi connectivity index (χ0) is 12.4. The van der Waals surface area contributed by atoms with Gasteiger partial charge in [-0.2, -0.15) is 0 Å². The van der Waals surface area contributed by atoms with Gasteiger partial charge < -0.3 is 11.1 Å². The lowest BCUT2D eigenvalue weighted by atomic mass is 10.1. The second-order valence-electron chi connectivity index (χ2n) is 3.79. The first-order valence-electron chi connectivity index (χ1n) is 5.15. The lowest BCUT2D eigenvalue weighted by Gasteiger charge is -2.13. The Labute approximate surface area is 108 Å². The van der Waals surface area contributed by atoms with Crippen LogP contribution in [0.4, 0.5) is 21.5 Å². The van der Waals surface area contributed by atoms with Crippen LogP contribution in [0.1, 0.15) is 5.56 Å². The number of rotatable bonds is 2. The number of para-hydroxylation sites is 1. The van der Waals surface area contributed by atoms with Gasteiger partial charge in [-0.1, -0.05) is 12.1 Å². The van der Waals surface area contributed by atoms with E-state index in [1.807, 2.05) is 25.1 Å². The molecule has 88 valence electrons. The molecule has 0 aliphatic rings. The summed E-state index contributed by atoms with van der Waals surface area (Å²) < 4.78 is 13.6. The van der Waals surface area contributed by atoms with Crippen LogP contribution in [0.3, 0.4) is 0 Å². The van der Waals surface area contributed by atoms with Crippen LogP contribution in [0.25, 0.3) is 0 Å². The monoisotopic (exact) mass is 294 g/mol. The zero-order valence-electron chi connectivity index (χ0n) is 9.30. The number of anilines is 3. The molecular weight excluding hydrogens is 283 g/mol. The maximum Gasteiger partial charge on any atom is 0.124 e. The van der Waals surface area contributed by atoms with Gasteiger partial charge in [0, 0.05) is 4.47 Å². The molecule has 0 aliphatic heterocycles. The minimum atomic E-state index is -0.278. The summed E-state index contributed by atoms with van der Waals surface area (Å²) in [7, 11) is 0. The predicted octanol–water partition coefficient (Wildman–Crippen LogP) is 4.22. The average molecular weight is 295 g/mol. The zero-order valence-corrected chi connectivity index (χ0v) is 10.9. The average Bonchev–Trinajstić information content (AvgIpc) is 2.26. The molecule has 0 amide bonds. The largest absolute Gasteiger partial charge is 0.397 e. The molecule has 0 spiro atoms. The van der Waals surface area contributed by atoms with E-state index in [1.165, 1.54) is 12.1 Å². The Morgan fingerprint density at radius 2 is 2.00 bits per heavy atom. The van der Waals surface area contributed by atoms with Crippen molar-refractivity contribution in [2.75, 3.05) is 11.1 Å². The van der Waals surface area contributed by atoms with Crippen molar-refractivity contribution in [2.24, 2.45) is 0 Å². The van der Waals surface area contributed by atoms with Gasteiger partial charge in [0.25, 0.3) is 0 Å². The highest BCUT2D eigenvalue weighted by Gasteiger charge is 2.06. The number of benzene rings is 2. The van der Waals surface area contributed by atoms with E-state index in [4.69, 9.17) is 5.73 Å². The van der Waals surface area contributed by atoms with E-state index in [1.54, 1.807) is 6.07 Å². The van der Waals surface area contributed by atoms with Gasteiger partial charge in [-0.25, -0.2) is 4.39 Å². The quantitative estimate of drug-likeness (QED) is 0.814. The third kappa shape index (κ3) is 2.58. The van der Waals surface area contributed by atoms with Crippen LogP contribution < -0.4 is 11.1 Å². The number of nitrogens with two attached hydrogens (primary N) is 1. The van der Waals surface area contributed by atoms with Crippen molar-refractivity contribution in [3.05, 3.63) is 52.3 Å². The summed E-state index contributed by atoms with van der Waals surface area (Å²) in [6.45, 7) is 1.97. The van der Waals surface area contributed by atoms with Crippen LogP contribution in [0.2, 0.25) is 0 Å². The smallest absolute Gasteiger partial charge is 0.124 e. The van der Waals surface area contributed by atoms with E-state index < -0.39 is 0 Å². The molecule has 0 radical (unpaired) electrons. The molecule has 0 aliphatic carbocycles. The molecular formula is C13H12BrFN2. The van der Waals surface area contributed by atoms with Gasteiger partial charge in [0.2, 0.25) is 0 Å². The first-order chi connectivity index (χ1) is 8.08. The summed E-state index contributed by atoms with van der Waals surface area (Å²) in [5, 5.41) is 3.20. The summed E-state index contributed by atoms with van der Waals surface area (Å²) in [6, 6.07) is 10.2. The van der Waals surface area contributed by atoms with E-state index in [2.05, 4.69) is 21.2 Å². The van der Waals surface area contributed by atoms with Crippen molar-refractivity contribution in [2.45, 2.75) is 6.92 Å². The molecule has 0 unspecified atom stereocenters. The molecule has 2 nitrogen and oxygen atoms in total. The minimum absolute atomic E-state index is 0.278. The Bertz CT molecular complexity index is 535. The van der Waals surface area contributed by atoms with Gasteiger partial charge in [-0.3, -0.25) is 0 Å². The third-order valence-corrected chi connectivity index (χ3v) is 3.15. The normalized spacial score (nSPS) is 10.3. The molecule has 2 aromatic carbocycles. The Balaban J connectivity index is 2.38. The standard InChI is InChI=1S/C13H12BrFN2/c1-8-3-2-4-11(16)13(8)17-12-6-5-9(15)7-10(12)14/h2-7,17H,16H2,1H3. The first-order valence-corrected chi connectivity index (χ1v) is 5.94. The van der Waals surface area contributed by atoms with Gasteiger partial charge in [0.05, 0.1) is 17.1 Å². The number of hydrogen-bond donors (Lipinski definition) is 2. The molecule has 17 heavy (non-hydrogen) atoms. The van der Waals surface area contributed by atoms with Crippen LogP contribution in [0, 0.1) is 12.7 Å². The van der Waals surface area contributed by atoms with Crippen LogP contribution in [0.5, 0.6) is 0 Å². The maximum atomic E-state index is 13.0. The predicted molar refractivity (Wildman–Crippen MR) is 73.0 cm³/mol. The fraction of sp³-hybridized carbons (Fsp3) is 0.0769. The lowest BCUT2D eigenvalue weighted by molar-refractivity contribution is 0.627. The lowest BCUT2D eigenvalue weighted by Crippen LogP contribution is -1.99. The van der Waals surface area contributed by atoms with E-state index in [-0.39, 0.29) is 5.82 Å². The minimum Gasteiger partial charge on any atom is -0.397 e. The second kappa shape index (κ2) is 4.75. The number of aryl methyl sites for hydroxylation is 1. The van der Waals surface area contributed by atoms with Crippen molar-refractivity contribution in [3.63, 3.8) is 0 Å². The maximum absolute atomic E-state index is 13.0. The van der Waals surface area contributed by atoms with Crippen molar-refractivity contribution < 1.29 is 4.39 Å². The van der Waals surface area contributed by atoms with Gasteiger partial charge >= 0.3 is 0 Å². The van der Waals surface area contributed by atoms with Crippen molar-refractivity contribution in [1.82, 2.24) is 0 Å². The van der Waals surface area contributed by atoms with Crippen molar-refractivity contribution in [1.29, 1.82) is 0 Å². The fourth-order valence-electron chi connectivity index (χ4n) is 1.59. The van der Waals surface area contributed by atoms with E-state index in [0.717, 1.165) is 16.9 Å². The number of halogens is 2. The van der Waals surface area contributed by atoms with Crippen LogP contribution in [-0.2, 0) is 0 Å². The molecule has 0 saturated heterocycles. The molecule has 4 heteroatoms. The molecule has 0 bridgehead atoms. The van der Waals surface area contributed by atoms with Gasteiger partial charge in [-0.05, 0) is 52.7 Å². The number of nitrogen functional groups attached to an aromatic ring is 1. The van der Waals surface area contributed by atoms with E-state index >= 15 is 0 Å². The molecule has 0 heterocycles. The highest BCUT2D eigenvalue weighted by molar-refractivity contribution is 9.10. The van der Waals surface area contributed by atoms with Crippen LogP contribution in [-0.4, -0.2) is 0 Å². The summed E-state index contributed by atoms with van der Waals surface area (Å²) in [5.41, 5.74) is 9.24.